The number of amides is 5. The molecule has 3 unspecified atom stereocenters. The van der Waals surface area contributed by atoms with Crippen molar-refractivity contribution in [1.82, 2.24) is 53.2 Å². The second kappa shape index (κ2) is 52.7. The number of aliphatic hydroxyl groups excluding tert-OH is 1. The first-order chi connectivity index (χ1) is 63.4. The smallest absolute Gasteiger partial charge is 0.246 e. The molecule has 3 heterocycles. The van der Waals surface area contributed by atoms with Crippen molar-refractivity contribution in [2.45, 2.75) is 249 Å². The molecule has 3 aliphatic heterocycles. The van der Waals surface area contributed by atoms with Crippen LogP contribution in [-0.2, 0) is 100.0 Å². The third-order valence-corrected chi connectivity index (χ3v) is 26.8. The second-order valence-corrected chi connectivity index (χ2v) is 37.9. The van der Waals surface area contributed by atoms with Crippen LogP contribution in [0.15, 0.2) is 70.9 Å². The average Bonchev–Trinajstić information content (AvgIpc) is 1.48. The van der Waals surface area contributed by atoms with Crippen LogP contribution in [0.4, 0.5) is 14.5 Å². The molecule has 0 aromatic heterocycles. The molecule has 3 saturated carbocycles. The number of nitrogens with zero attached hydrogens (tertiary/aromatic N) is 3. The summed E-state index contributed by atoms with van der Waals surface area (Å²) in [5, 5.41) is 30.5. The van der Waals surface area contributed by atoms with Crippen molar-refractivity contribution < 1.29 is 123 Å². The molecule has 132 heavy (non-hydrogen) atoms. The Kier molecular flexibility index (Phi) is 42.5. The number of Topliss-reactive ketones (excluding diaryl/α,β-unsaturated/α-hetero) is 3. The lowest BCUT2D eigenvalue weighted by atomic mass is 9.44. The summed E-state index contributed by atoms with van der Waals surface area (Å²) >= 11 is 0. The van der Waals surface area contributed by atoms with Crippen molar-refractivity contribution in [2.24, 2.45) is 34.5 Å². The number of hydrogen-bond donors (Lipinski definition) is 10. The van der Waals surface area contributed by atoms with Gasteiger partial charge in [-0.25, -0.2) is 8.78 Å². The molecular weight excluding hydrogens is 1720 g/mol. The van der Waals surface area contributed by atoms with Crippen molar-refractivity contribution in [2.75, 3.05) is 185 Å². The topological polar surface area (TPSA) is 409 Å². The molecule has 0 spiro atoms. The van der Waals surface area contributed by atoms with Crippen LogP contribution in [0.1, 0.15) is 189 Å². The van der Waals surface area contributed by atoms with Gasteiger partial charge < -0.3 is 109 Å². The fourth-order valence-corrected chi connectivity index (χ4v) is 19.6. The molecule has 37 heteroatoms. The van der Waals surface area contributed by atoms with Crippen LogP contribution < -0.4 is 53.2 Å². The molecule has 4 fully saturated rings. The van der Waals surface area contributed by atoms with Gasteiger partial charge in [0.15, 0.2) is 34.9 Å². The number of alkyl halides is 2. The molecule has 5 amide bonds. The number of carbonyl (C=O) groups excluding carboxylic acids is 9. The van der Waals surface area contributed by atoms with E-state index in [9.17, 15) is 48.3 Å². The average molecular weight is 1870 g/mol. The number of fused-ring (bicyclic) bond motifs is 7. The number of aliphatic hydroxyl groups is 1. The van der Waals surface area contributed by atoms with Gasteiger partial charge in [0.1, 0.15) is 50.0 Å². The first-order valence-electron chi connectivity index (χ1n) is 48.1. The van der Waals surface area contributed by atoms with E-state index in [0.29, 0.717) is 156 Å². The first kappa shape index (κ1) is 106. The van der Waals surface area contributed by atoms with Crippen LogP contribution in [0.3, 0.4) is 0 Å². The lowest BCUT2D eigenvalue weighted by Crippen LogP contribution is -2.71. The van der Waals surface area contributed by atoms with Gasteiger partial charge in [0.05, 0.1) is 181 Å². The number of rotatable bonds is 60. The van der Waals surface area contributed by atoms with Crippen molar-refractivity contribution in [3.63, 3.8) is 0 Å². The minimum absolute atomic E-state index is 0.00142. The van der Waals surface area contributed by atoms with Gasteiger partial charge in [-0.1, -0.05) is 72.8 Å². The fraction of sp³-hybridized carbons (Fsp3) is 0.758. The molecule has 9 aliphatic rings. The fourth-order valence-electron chi connectivity index (χ4n) is 19.6. The predicted octanol–water partition coefficient (Wildman–Crippen LogP) is 6.78. The van der Waals surface area contributed by atoms with Crippen LogP contribution in [0, 0.1) is 34.5 Å². The number of quaternary nitrogens is 1. The summed E-state index contributed by atoms with van der Waals surface area (Å²) < 4.78 is 112. The van der Waals surface area contributed by atoms with Crippen molar-refractivity contribution in [3.05, 3.63) is 70.9 Å². The molecule has 1 saturated heterocycles. The van der Waals surface area contributed by atoms with E-state index in [1.165, 1.54) is 24.8 Å². The minimum Gasteiger partial charge on any atom is -0.486 e. The number of allylic oxidation sites excluding steroid dienone is 6. The van der Waals surface area contributed by atoms with E-state index in [4.69, 9.17) is 61.6 Å². The summed E-state index contributed by atoms with van der Waals surface area (Å²) in [5.41, 5.74) is 10.5. The number of anilines is 1. The Balaban J connectivity index is 0.646. The number of halogens is 2. The SMILES string of the molecule is CCCC1O[C@@H]2C[C@H]3[C@@H]4C[C@H](F)C5=CC(=O)C=C[C@]5(C)[C@@]4(F)[C@@H](O)C[C@]3(C)[C@]2(C(=O)COc2ccc(NC(=O)[C@H](C)CC(=O)[C@@H](NC(=O)[C@@H](CCCCNC(=O)COC3CCCCCC4=C3NNN4CCOCCOCCOCCOCCC(=O)NCC[N+](C)(C)C)NC(=O)CCOCCOCCOCCOCCCC(=O)COC3CCCCCC4=C3NNN4C)C(C)C)cc2)O1. The van der Waals surface area contributed by atoms with Crippen molar-refractivity contribution >= 4 is 58.4 Å². The van der Waals surface area contributed by atoms with Crippen LogP contribution >= 0.6 is 0 Å². The summed E-state index contributed by atoms with van der Waals surface area (Å²) in [4.78, 5) is 122. The lowest BCUT2D eigenvalue weighted by molar-refractivity contribution is -0.869. The zero-order valence-electron chi connectivity index (χ0n) is 79.5. The largest absolute Gasteiger partial charge is 0.486 e. The summed E-state index contributed by atoms with van der Waals surface area (Å²) in [5.74, 6) is -6.06. The van der Waals surface area contributed by atoms with Crippen LogP contribution in [-0.4, -0.2) is 312 Å². The zero-order chi connectivity index (χ0) is 94.9. The molecule has 1 aromatic carbocycles. The number of carbonyl (C=O) groups is 9. The van der Waals surface area contributed by atoms with Gasteiger partial charge in [0.25, 0.3) is 0 Å². The maximum absolute atomic E-state index is 18.1. The number of ether oxygens (including phenoxy) is 13. The highest BCUT2D eigenvalue weighted by Crippen LogP contribution is 2.72. The van der Waals surface area contributed by atoms with E-state index in [-0.39, 0.29) is 119 Å². The Bertz CT molecular complexity index is 4050. The number of likely N-dealkylation sites (N-methyl/N-ethyl adjacent to an activating group) is 1. The van der Waals surface area contributed by atoms with Crippen LogP contribution in [0.2, 0.25) is 0 Å². The van der Waals surface area contributed by atoms with E-state index in [0.717, 1.165) is 92.0 Å². The Morgan fingerprint density at radius 1 is 0.652 bits per heavy atom. The van der Waals surface area contributed by atoms with Gasteiger partial charge in [-0.2, -0.15) is 0 Å². The third-order valence-electron chi connectivity index (χ3n) is 26.8. The van der Waals surface area contributed by atoms with Crippen molar-refractivity contribution in [3.8, 4) is 5.75 Å². The normalized spacial score (nSPS) is 26.3. The predicted molar refractivity (Wildman–Crippen MR) is 484 cm³/mol. The highest BCUT2D eigenvalue weighted by atomic mass is 19.1. The number of nitrogens with one attached hydrogen (secondary N) is 9. The number of unbranched alkanes of at least 4 members (excludes halogenated alkanes) is 1. The Morgan fingerprint density at radius 3 is 1.88 bits per heavy atom. The number of hydrogen-bond acceptors (Lipinski definition) is 29. The second-order valence-electron chi connectivity index (χ2n) is 37.9. The standard InChI is InChI=1S/C95H150F2N12O23/c1-11-21-86-131-82-59-70-71-58-73(96)72-57-67(110)32-35-92(72,5)94(71,97)80(113)60-93(70,6)95(82,132-86)81(114)62-128-69-30-28-66(29-31-69)100-90(118)65(4)56-77(112)87(64(2)3)102-91(119)74(101-84(116)34-42-122-46-50-126-53-52-124-48-44-120-40-20-22-68(111)61-129-78-26-16-12-14-24-75-88(78)103-105-107(75)7)23-18-19-36-98-85(117)63-130-79-27-17-13-15-25-76-89(79)104-106-108(76)38-43-123-47-51-127-55-54-125-49-45-121-41-33-83(115)99-37-39-109(8,9)10/h28-32,35,57,64-65,70-71,73-74,78-80,82,86-87,103-106,113H,11-27,33-34,36-56,58-63H2,1-10H3,(H4-,98,99,100,101,102,115,116,117,118,119)/p+1/t65-,70+,71+,73+,74-,78?,79?,80+,82-,86?,87+,92+,93+,94+,95-/m1/s1. The van der Waals surface area contributed by atoms with Gasteiger partial charge in [-0.15, -0.1) is 11.1 Å². The van der Waals surface area contributed by atoms with E-state index >= 15 is 8.78 Å². The summed E-state index contributed by atoms with van der Waals surface area (Å²) in [6.45, 7) is 17.3. The number of ketones is 4. The molecule has 742 valence electrons. The lowest BCUT2D eigenvalue weighted by Gasteiger charge is -2.63. The number of benzene rings is 1. The first-order valence-corrected chi connectivity index (χ1v) is 48.1. The molecule has 6 aliphatic carbocycles. The molecule has 1 aromatic rings. The van der Waals surface area contributed by atoms with E-state index in [1.807, 2.05) is 24.0 Å². The monoisotopic (exact) mass is 1870 g/mol. The Hall–Kier alpha value is -7.57. The summed E-state index contributed by atoms with van der Waals surface area (Å²) in [6.07, 6.45) is 10.4. The van der Waals surface area contributed by atoms with Crippen LogP contribution in [0.5, 0.6) is 5.75 Å². The van der Waals surface area contributed by atoms with Crippen LogP contribution in [0.25, 0.3) is 0 Å². The number of hydrazine groups is 4. The highest BCUT2D eigenvalue weighted by molar-refractivity contribution is 6.02. The Morgan fingerprint density at radius 2 is 1.24 bits per heavy atom. The summed E-state index contributed by atoms with van der Waals surface area (Å²) in [6, 6.07) is 4.10. The minimum atomic E-state index is -2.37. The molecule has 35 nitrogen and oxygen atoms in total. The highest BCUT2D eigenvalue weighted by Gasteiger charge is 2.80. The molecule has 10 N–H and O–H groups in total. The maximum Gasteiger partial charge on any atom is 0.246 e. The maximum atomic E-state index is 18.1. The third kappa shape index (κ3) is 29.7. The van der Waals surface area contributed by atoms with E-state index in [1.54, 1.807) is 52.0 Å². The van der Waals surface area contributed by atoms with E-state index in [2.05, 4.69) is 69.6 Å². The molecule has 10 rings (SSSR count). The Labute approximate surface area is 776 Å². The van der Waals surface area contributed by atoms with Gasteiger partial charge in [0.2, 0.25) is 35.3 Å². The van der Waals surface area contributed by atoms with Gasteiger partial charge in [-0.05, 0) is 151 Å². The quantitative estimate of drug-likeness (QED) is 0.0237. The van der Waals surface area contributed by atoms with Gasteiger partial charge >= 0.3 is 0 Å². The van der Waals surface area contributed by atoms with Gasteiger partial charge in [0, 0.05) is 74.2 Å². The van der Waals surface area contributed by atoms with Gasteiger partial charge in [-0.3, -0.25) is 53.2 Å². The van der Waals surface area contributed by atoms with Crippen molar-refractivity contribution in [1.29, 1.82) is 0 Å². The molecule has 0 radical (unpaired) electrons. The molecular formula is C95H151F2N12O23+. The summed E-state index contributed by atoms with van der Waals surface area (Å²) in [7, 11) is 8.20. The van der Waals surface area contributed by atoms with E-state index < -0.39 is 124 Å². The molecule has 15 atom stereocenters. The molecule has 0 bridgehead atoms. The zero-order valence-corrected chi connectivity index (χ0v) is 79.5.